The highest BCUT2D eigenvalue weighted by atomic mass is 35.5. The molecular weight excluding hydrogens is 1470 g/mol. The Hall–Kier alpha value is -5.38. The second-order valence-electron chi connectivity index (χ2n) is 24.9. The first-order valence-electron chi connectivity index (χ1n) is 34.1. The maximum absolute atomic E-state index is 10.6. The van der Waals surface area contributed by atoms with Gasteiger partial charge in [0.05, 0.1) is 92.6 Å². The Kier molecular flexibility index (Phi) is 39.0. The first-order valence-corrected chi connectivity index (χ1v) is 37.3. The van der Waals surface area contributed by atoms with E-state index in [-0.39, 0.29) is 48.8 Å². The molecule has 0 amide bonds. The van der Waals surface area contributed by atoms with Crippen LogP contribution < -0.4 is 10.2 Å². The van der Waals surface area contributed by atoms with Crippen LogP contribution in [0.5, 0.6) is 0 Å². The highest BCUT2D eigenvalue weighted by molar-refractivity contribution is 6.36. The number of piperazine rings is 1. The molecule has 13 nitrogen and oxygen atoms in total. The van der Waals surface area contributed by atoms with Crippen LogP contribution in [0.2, 0.25) is 30.1 Å². The molecule has 21 heteroatoms. The van der Waals surface area contributed by atoms with Crippen molar-refractivity contribution in [2.24, 2.45) is 0 Å². The summed E-state index contributed by atoms with van der Waals surface area (Å²) >= 11 is 49.4. The van der Waals surface area contributed by atoms with Gasteiger partial charge in [-0.15, -0.1) is 23.2 Å². The van der Waals surface area contributed by atoms with E-state index in [1.54, 1.807) is 46.6 Å². The van der Waals surface area contributed by atoms with Gasteiger partial charge in [0.1, 0.15) is 6.10 Å². The summed E-state index contributed by atoms with van der Waals surface area (Å²) in [4.78, 5) is 9.18. The summed E-state index contributed by atoms with van der Waals surface area (Å²) in [5.74, 6) is 0.491. The van der Waals surface area contributed by atoms with Crippen molar-refractivity contribution < 1.29 is 39.0 Å². The maximum Gasteiger partial charge on any atom is 0.106 e. The summed E-state index contributed by atoms with van der Waals surface area (Å²) in [5.41, 5.74) is 10.1. The molecule has 0 spiro atoms. The Morgan fingerprint density at radius 3 is 1.43 bits per heavy atom. The lowest BCUT2D eigenvalue weighted by Crippen LogP contribution is -2.56. The number of aliphatic hydroxyl groups is 3. The Labute approximate surface area is 649 Å². The quantitative estimate of drug-likeness (QED) is 0.0243. The van der Waals surface area contributed by atoms with Crippen LogP contribution in [0.15, 0.2) is 237 Å². The van der Waals surface area contributed by atoms with Gasteiger partial charge < -0.3 is 49.2 Å². The molecule has 2 fully saturated rings. The molecule has 4 N–H and O–H groups in total. The van der Waals surface area contributed by atoms with Crippen LogP contribution >= 0.6 is 92.8 Å². The van der Waals surface area contributed by atoms with E-state index in [0.717, 1.165) is 71.8 Å². The fraction of sp³-hybridized carbons (Fsp3) is 0.341. The number of nitrogens with zero attached hydrogens (tertiary/aromatic N) is 4. The molecule has 2 heterocycles. The number of benzene rings is 9. The minimum Gasteiger partial charge on any atom is -0.395 e. The minimum absolute atomic E-state index is 0.0141. The SMILES string of the molecule is COCC(CCl)N(Cc1ccccc1)CC(Cl)c1ccc(Cl)cc1.COCC(CO)N(Cc1ccccc1)CC(O)c1ccc(Cl)cc1.COCC(CO)NCc1ccccc1.COC[C@H]1CN(c2ccc(Cl)cc2Cl)[C@@H](c2ccc(Cl)cc2)CN1Cc1ccccc1.Clc1ccc(C2CO2)cc1. The molecule has 8 atom stereocenters. The van der Waals surface area contributed by atoms with Gasteiger partial charge in [-0.05, 0) is 111 Å². The third kappa shape index (κ3) is 30.1. The zero-order valence-electron chi connectivity index (χ0n) is 58.6. The van der Waals surface area contributed by atoms with Gasteiger partial charge >= 0.3 is 0 Å². The predicted octanol–water partition coefficient (Wildman–Crippen LogP) is 18.2. The van der Waals surface area contributed by atoms with E-state index in [1.165, 1.54) is 27.8 Å². The normalized spacial score (nSPS) is 16.3. The molecule has 2 saturated heterocycles. The lowest BCUT2D eigenvalue weighted by atomic mass is 9.97. The molecule has 2 aliphatic heterocycles. The van der Waals surface area contributed by atoms with E-state index in [1.807, 2.05) is 175 Å². The van der Waals surface area contributed by atoms with E-state index < -0.39 is 6.10 Å². The fourth-order valence-corrected chi connectivity index (χ4v) is 13.3. The number of hydrogen-bond donors (Lipinski definition) is 4. The first-order chi connectivity index (χ1) is 50.0. The highest BCUT2D eigenvalue weighted by Crippen LogP contribution is 2.39. The molecule has 0 aromatic heterocycles. The molecular formula is C82H95Cl8N5O8. The lowest BCUT2D eigenvalue weighted by molar-refractivity contribution is 0.0182. The summed E-state index contributed by atoms with van der Waals surface area (Å²) in [6.45, 7) is 8.79. The number of nitrogens with one attached hydrogen (secondary N) is 1. The molecule has 0 aliphatic carbocycles. The largest absolute Gasteiger partial charge is 0.395 e. The van der Waals surface area contributed by atoms with Crippen molar-refractivity contribution in [1.29, 1.82) is 0 Å². The Bertz CT molecular complexity index is 3610. The van der Waals surface area contributed by atoms with Gasteiger partial charge in [0.15, 0.2) is 0 Å². The third-order valence-corrected chi connectivity index (χ3v) is 19.5. The monoisotopic (exact) mass is 1560 g/mol. The van der Waals surface area contributed by atoms with E-state index in [0.29, 0.717) is 78.1 Å². The summed E-state index contributed by atoms with van der Waals surface area (Å²) in [6, 6.07) is 77.6. The van der Waals surface area contributed by atoms with Gasteiger partial charge in [-0.1, -0.05) is 239 Å². The van der Waals surface area contributed by atoms with E-state index in [2.05, 4.69) is 68.5 Å². The molecule has 552 valence electrons. The Morgan fingerprint density at radius 1 is 0.505 bits per heavy atom. The summed E-state index contributed by atoms with van der Waals surface area (Å²) in [7, 11) is 6.69. The smallest absolute Gasteiger partial charge is 0.106 e. The molecule has 9 aromatic carbocycles. The fourth-order valence-electron chi connectivity index (χ4n) is 11.6. The van der Waals surface area contributed by atoms with Gasteiger partial charge in [-0.25, -0.2) is 0 Å². The molecule has 6 unspecified atom stereocenters. The molecule has 11 rings (SSSR count). The van der Waals surface area contributed by atoms with Crippen LogP contribution in [0, 0.1) is 0 Å². The summed E-state index contributed by atoms with van der Waals surface area (Å²) in [5, 5.41) is 36.5. The van der Waals surface area contributed by atoms with E-state index in [9.17, 15) is 10.2 Å². The van der Waals surface area contributed by atoms with Gasteiger partial charge in [-0.3, -0.25) is 14.7 Å². The number of hydrogen-bond acceptors (Lipinski definition) is 13. The number of halogens is 8. The van der Waals surface area contributed by atoms with Crippen molar-refractivity contribution in [1.82, 2.24) is 20.0 Å². The molecule has 0 saturated carbocycles. The van der Waals surface area contributed by atoms with Crippen molar-refractivity contribution >= 4 is 98.5 Å². The molecule has 0 bridgehead atoms. The van der Waals surface area contributed by atoms with Gasteiger partial charge in [0, 0.05) is 118 Å². The molecule has 0 radical (unpaired) electrons. The van der Waals surface area contributed by atoms with Crippen LogP contribution in [0.4, 0.5) is 5.69 Å². The number of methoxy groups -OCH3 is 4. The van der Waals surface area contributed by atoms with Crippen molar-refractivity contribution in [2.45, 2.75) is 74.0 Å². The topological polar surface area (TPSA) is 135 Å². The van der Waals surface area contributed by atoms with Crippen LogP contribution in [0.25, 0.3) is 0 Å². The Morgan fingerprint density at radius 2 is 0.961 bits per heavy atom. The zero-order valence-corrected chi connectivity index (χ0v) is 64.7. The zero-order chi connectivity index (χ0) is 73.7. The molecule has 2 aliphatic rings. The summed E-state index contributed by atoms with van der Waals surface area (Å²) < 4.78 is 26.2. The van der Waals surface area contributed by atoms with Gasteiger partial charge in [-0.2, -0.15) is 0 Å². The predicted molar refractivity (Wildman–Crippen MR) is 426 cm³/mol. The van der Waals surface area contributed by atoms with Crippen LogP contribution in [-0.2, 0) is 49.9 Å². The number of aliphatic hydroxyl groups excluding tert-OH is 3. The minimum atomic E-state index is -0.670. The van der Waals surface area contributed by atoms with Crippen LogP contribution in [0.1, 0.15) is 68.1 Å². The lowest BCUT2D eigenvalue weighted by Gasteiger charge is -2.48. The average Bonchev–Trinajstić information content (AvgIpc) is 1.50. The maximum atomic E-state index is 10.6. The molecule has 9 aromatic rings. The second-order valence-corrected chi connectivity index (χ2v) is 28.3. The number of ether oxygens (including phenoxy) is 5. The van der Waals surface area contributed by atoms with Crippen LogP contribution in [0.3, 0.4) is 0 Å². The average molecular weight is 1560 g/mol. The van der Waals surface area contributed by atoms with Crippen LogP contribution in [-0.4, -0.2) is 161 Å². The highest BCUT2D eigenvalue weighted by Gasteiger charge is 2.36. The number of alkyl halides is 2. The van der Waals surface area contributed by atoms with Crippen molar-refractivity contribution in [3.8, 4) is 0 Å². The van der Waals surface area contributed by atoms with Crippen molar-refractivity contribution in [3.63, 3.8) is 0 Å². The molecule has 103 heavy (non-hydrogen) atoms. The number of rotatable bonds is 31. The number of anilines is 1. The Balaban J connectivity index is 0.000000188. The van der Waals surface area contributed by atoms with Gasteiger partial charge in [0.2, 0.25) is 0 Å². The third-order valence-electron chi connectivity index (χ3n) is 17.3. The van der Waals surface area contributed by atoms with Gasteiger partial charge in [0.25, 0.3) is 0 Å². The van der Waals surface area contributed by atoms with Crippen molar-refractivity contribution in [2.75, 3.05) is 112 Å². The second kappa shape index (κ2) is 47.3. The van der Waals surface area contributed by atoms with E-state index >= 15 is 0 Å². The van der Waals surface area contributed by atoms with E-state index in [4.69, 9.17) is 122 Å². The first kappa shape index (κ1) is 84.9. The van der Waals surface area contributed by atoms with Crippen molar-refractivity contribution in [3.05, 3.63) is 311 Å². The standard InChI is InChI=1S/C25H25Cl3N2O.C19H22Cl3NO.C19H24ClNO3.C11H17NO2.C8H7ClO/c1-31-17-22-15-30(24-12-11-21(27)13-23(24)28)25(19-7-9-20(26)10-8-19)16-29(22)14-18-5-3-2-4-6-18;1-24-14-18(11-20)23(12-15-5-3-2-4-6-15)13-19(22)16-7-9-17(21)10-8-16;1-24-14-18(13-22)21(11-15-5-3-2-4-6-15)12-19(23)16-7-9-17(20)10-8-16;1-14-9-11(8-13)12-7-10-5-3-2-4-6-10;9-7-3-1-6(2-4-7)8-5-10-8/h2-13,22,25H,14-17H2,1H3;2-10,18-19H,11-14H2,1H3;2-10,18-19,22-23H,11-14H2,1H3;2-6,11-13H,7-9H2,1H3;1-4,8H,5H2/t22-,25-;;;;/m1..../s1. The summed E-state index contributed by atoms with van der Waals surface area (Å²) in [6.07, 6.45) is -0.325. The number of epoxide rings is 1.